The molecule has 2 aromatic heterocycles. The van der Waals surface area contributed by atoms with Crippen molar-refractivity contribution in [2.24, 2.45) is 7.05 Å². The van der Waals surface area contributed by atoms with E-state index in [0.717, 1.165) is 5.69 Å². The Morgan fingerprint density at radius 3 is 2.56 bits per heavy atom. The zero-order valence-electron chi connectivity index (χ0n) is 13.5. The van der Waals surface area contributed by atoms with Crippen molar-refractivity contribution in [3.8, 4) is 11.5 Å². The molecular weight excluding hydrogens is 340 g/mol. The third kappa shape index (κ3) is 5.01. The van der Waals surface area contributed by atoms with E-state index in [4.69, 9.17) is 4.74 Å². The van der Waals surface area contributed by atoms with Gasteiger partial charge in [-0.05, 0) is 46.8 Å². The van der Waals surface area contributed by atoms with Gasteiger partial charge in [0, 0.05) is 37.3 Å². The maximum atomic E-state index is 12.0. The SMILES string of the molecule is Cn1nnnc1SCCC(=O)Nc1ccc(Oc2ccncc2)cc1. The summed E-state index contributed by atoms with van der Waals surface area (Å²) in [7, 11) is 1.76. The minimum atomic E-state index is -0.0644. The van der Waals surface area contributed by atoms with Crippen molar-refractivity contribution in [3.05, 3.63) is 48.8 Å². The first kappa shape index (κ1) is 16.9. The van der Waals surface area contributed by atoms with Gasteiger partial charge < -0.3 is 10.1 Å². The highest BCUT2D eigenvalue weighted by Crippen LogP contribution is 2.22. The number of benzene rings is 1. The third-order valence-corrected chi connectivity index (χ3v) is 4.18. The predicted octanol–water partition coefficient (Wildman–Crippen LogP) is 2.52. The second kappa shape index (κ2) is 8.25. The second-order valence-corrected chi connectivity index (χ2v) is 6.10. The van der Waals surface area contributed by atoms with Gasteiger partial charge in [0.05, 0.1) is 0 Å². The lowest BCUT2D eigenvalue weighted by Crippen LogP contribution is -2.12. The molecule has 0 aliphatic heterocycles. The van der Waals surface area contributed by atoms with Crippen molar-refractivity contribution in [2.45, 2.75) is 11.6 Å². The molecule has 0 fully saturated rings. The average molecular weight is 356 g/mol. The molecule has 3 rings (SSSR count). The number of nitrogens with one attached hydrogen (secondary N) is 1. The number of tetrazole rings is 1. The minimum Gasteiger partial charge on any atom is -0.457 e. The number of carbonyl (C=O) groups is 1. The maximum absolute atomic E-state index is 12.0. The first-order valence-electron chi connectivity index (χ1n) is 7.53. The molecule has 9 heteroatoms. The van der Waals surface area contributed by atoms with E-state index in [1.54, 1.807) is 60.5 Å². The van der Waals surface area contributed by atoms with Crippen molar-refractivity contribution in [1.29, 1.82) is 0 Å². The fourth-order valence-electron chi connectivity index (χ4n) is 1.95. The van der Waals surface area contributed by atoms with Crippen LogP contribution in [0.1, 0.15) is 6.42 Å². The van der Waals surface area contributed by atoms with E-state index in [9.17, 15) is 4.79 Å². The van der Waals surface area contributed by atoms with Gasteiger partial charge in [0.25, 0.3) is 0 Å². The number of amides is 1. The normalized spacial score (nSPS) is 10.4. The summed E-state index contributed by atoms with van der Waals surface area (Å²) in [5.74, 6) is 1.94. The summed E-state index contributed by atoms with van der Waals surface area (Å²) in [6, 6.07) is 10.8. The molecule has 3 aromatic rings. The van der Waals surface area contributed by atoms with Crippen molar-refractivity contribution in [1.82, 2.24) is 25.2 Å². The van der Waals surface area contributed by atoms with E-state index in [0.29, 0.717) is 28.8 Å². The number of hydrogen-bond acceptors (Lipinski definition) is 7. The van der Waals surface area contributed by atoms with Gasteiger partial charge in [0.15, 0.2) is 0 Å². The highest BCUT2D eigenvalue weighted by Gasteiger charge is 2.07. The third-order valence-electron chi connectivity index (χ3n) is 3.17. The lowest BCUT2D eigenvalue weighted by molar-refractivity contribution is -0.115. The second-order valence-electron chi connectivity index (χ2n) is 5.04. The molecule has 0 aliphatic carbocycles. The van der Waals surface area contributed by atoms with Crippen LogP contribution in [0, 0.1) is 0 Å². The zero-order valence-corrected chi connectivity index (χ0v) is 14.3. The predicted molar refractivity (Wildman–Crippen MR) is 93.5 cm³/mol. The Labute approximate surface area is 148 Å². The Morgan fingerprint density at radius 2 is 1.88 bits per heavy atom. The molecule has 0 spiro atoms. The Kier molecular flexibility index (Phi) is 5.57. The van der Waals surface area contributed by atoms with Crippen LogP contribution in [-0.4, -0.2) is 36.9 Å². The van der Waals surface area contributed by atoms with Crippen LogP contribution in [0.2, 0.25) is 0 Å². The lowest BCUT2D eigenvalue weighted by atomic mass is 10.3. The molecule has 0 aliphatic rings. The van der Waals surface area contributed by atoms with Gasteiger partial charge in [-0.1, -0.05) is 11.8 Å². The van der Waals surface area contributed by atoms with Gasteiger partial charge in [-0.15, -0.1) is 5.10 Å². The monoisotopic (exact) mass is 356 g/mol. The molecular formula is C16H16N6O2S. The number of hydrogen-bond donors (Lipinski definition) is 1. The van der Waals surface area contributed by atoms with E-state index in [1.165, 1.54) is 11.8 Å². The molecule has 8 nitrogen and oxygen atoms in total. The molecule has 0 radical (unpaired) electrons. The maximum Gasteiger partial charge on any atom is 0.225 e. The number of pyridine rings is 1. The van der Waals surface area contributed by atoms with Crippen LogP contribution in [0.5, 0.6) is 11.5 Å². The van der Waals surface area contributed by atoms with Gasteiger partial charge in [-0.25, -0.2) is 4.68 Å². The summed E-state index contributed by atoms with van der Waals surface area (Å²) in [6.45, 7) is 0. The molecule has 1 N–H and O–H groups in total. The van der Waals surface area contributed by atoms with Crippen LogP contribution in [0.15, 0.2) is 53.9 Å². The van der Waals surface area contributed by atoms with E-state index in [1.807, 2.05) is 0 Å². The Morgan fingerprint density at radius 1 is 1.16 bits per heavy atom. The van der Waals surface area contributed by atoms with Crippen molar-refractivity contribution >= 4 is 23.4 Å². The minimum absolute atomic E-state index is 0.0644. The van der Waals surface area contributed by atoms with Gasteiger partial charge in [-0.3, -0.25) is 9.78 Å². The highest BCUT2D eigenvalue weighted by molar-refractivity contribution is 7.99. The quantitative estimate of drug-likeness (QED) is 0.650. The van der Waals surface area contributed by atoms with Crippen LogP contribution >= 0.6 is 11.8 Å². The van der Waals surface area contributed by atoms with E-state index in [-0.39, 0.29) is 5.91 Å². The summed E-state index contributed by atoms with van der Waals surface area (Å²) >= 11 is 1.44. The summed E-state index contributed by atoms with van der Waals surface area (Å²) in [4.78, 5) is 15.9. The summed E-state index contributed by atoms with van der Waals surface area (Å²) in [5.41, 5.74) is 0.720. The number of aromatic nitrogens is 5. The van der Waals surface area contributed by atoms with Gasteiger partial charge >= 0.3 is 0 Å². The topological polar surface area (TPSA) is 94.8 Å². The standard InChI is InChI=1S/C16H16N6O2S/c1-22-16(19-20-21-22)25-11-8-15(23)18-12-2-4-13(5-3-12)24-14-6-9-17-10-7-14/h2-7,9-10H,8,11H2,1H3,(H,18,23). The summed E-state index contributed by atoms with van der Waals surface area (Å²) in [5, 5.41) is 14.7. The molecule has 2 heterocycles. The number of rotatable bonds is 7. The number of carbonyl (C=O) groups excluding carboxylic acids is 1. The summed E-state index contributed by atoms with van der Waals surface area (Å²) in [6.07, 6.45) is 3.70. The number of ether oxygens (including phenoxy) is 1. The van der Waals surface area contributed by atoms with E-state index < -0.39 is 0 Å². The largest absolute Gasteiger partial charge is 0.457 e. The smallest absolute Gasteiger partial charge is 0.225 e. The van der Waals surface area contributed by atoms with Crippen LogP contribution in [0.4, 0.5) is 5.69 Å². The van der Waals surface area contributed by atoms with Crippen molar-refractivity contribution < 1.29 is 9.53 Å². The van der Waals surface area contributed by atoms with Crippen molar-refractivity contribution in [2.75, 3.05) is 11.1 Å². The fourth-order valence-corrected chi connectivity index (χ4v) is 2.74. The first-order chi connectivity index (χ1) is 12.2. The van der Waals surface area contributed by atoms with Crippen LogP contribution in [0.3, 0.4) is 0 Å². The van der Waals surface area contributed by atoms with E-state index >= 15 is 0 Å². The number of thioether (sulfide) groups is 1. The van der Waals surface area contributed by atoms with Gasteiger partial charge in [0.1, 0.15) is 11.5 Å². The number of anilines is 1. The van der Waals surface area contributed by atoms with Crippen LogP contribution in [-0.2, 0) is 11.8 Å². The first-order valence-corrected chi connectivity index (χ1v) is 8.52. The molecule has 0 atom stereocenters. The molecule has 1 amide bonds. The lowest BCUT2D eigenvalue weighted by Gasteiger charge is -2.08. The zero-order chi connectivity index (χ0) is 17.5. The van der Waals surface area contributed by atoms with Crippen LogP contribution < -0.4 is 10.1 Å². The average Bonchev–Trinajstić information content (AvgIpc) is 3.03. The number of nitrogens with zero attached hydrogens (tertiary/aromatic N) is 5. The highest BCUT2D eigenvalue weighted by atomic mass is 32.2. The molecule has 0 bridgehead atoms. The van der Waals surface area contributed by atoms with E-state index in [2.05, 4.69) is 25.8 Å². The Bertz CT molecular complexity index is 822. The summed E-state index contributed by atoms with van der Waals surface area (Å²) < 4.78 is 7.25. The van der Waals surface area contributed by atoms with Gasteiger partial charge in [0.2, 0.25) is 11.1 Å². The molecule has 0 saturated carbocycles. The molecule has 0 saturated heterocycles. The molecule has 128 valence electrons. The fraction of sp³-hybridized carbons (Fsp3) is 0.188. The Balaban J connectivity index is 1.46. The van der Waals surface area contributed by atoms with Crippen molar-refractivity contribution in [3.63, 3.8) is 0 Å². The van der Waals surface area contributed by atoms with Gasteiger partial charge in [-0.2, -0.15) is 0 Å². The molecule has 25 heavy (non-hydrogen) atoms. The molecule has 1 aromatic carbocycles. The molecule has 0 unspecified atom stereocenters. The Hall–Kier alpha value is -2.94. The van der Waals surface area contributed by atoms with Crippen LogP contribution in [0.25, 0.3) is 0 Å². The number of aryl methyl sites for hydroxylation is 1.